The Hall–Kier alpha value is -0.900. The zero-order valence-corrected chi connectivity index (χ0v) is 11.6. The molecule has 0 fully saturated rings. The van der Waals surface area contributed by atoms with Crippen molar-refractivity contribution in [3.63, 3.8) is 0 Å². The maximum Gasteiger partial charge on any atom is 0.0472 e. The molecule has 102 valence electrons. The van der Waals surface area contributed by atoms with Crippen LogP contribution in [0.2, 0.25) is 0 Å². The summed E-state index contributed by atoms with van der Waals surface area (Å²) in [6.07, 6.45) is 0.819. The predicted octanol–water partition coefficient (Wildman–Crippen LogP) is 2.04. The van der Waals surface area contributed by atoms with Gasteiger partial charge < -0.3 is 10.4 Å². The van der Waals surface area contributed by atoms with Crippen LogP contribution in [-0.4, -0.2) is 42.8 Å². The molecule has 0 saturated carbocycles. The van der Waals surface area contributed by atoms with Crippen LogP contribution in [0.15, 0.2) is 30.3 Å². The standard InChI is InChI=1S/C15H26N2O/c1-3-17(4-2)15(13-16-11-8-12-18)14-9-6-5-7-10-14/h5-7,9-10,15-16,18H,3-4,8,11-13H2,1-2H3. The molecule has 0 aliphatic rings. The van der Waals surface area contributed by atoms with Crippen molar-refractivity contribution >= 4 is 0 Å². The lowest BCUT2D eigenvalue weighted by atomic mass is 10.1. The van der Waals surface area contributed by atoms with Crippen LogP contribution in [0.5, 0.6) is 0 Å². The predicted molar refractivity (Wildman–Crippen MR) is 76.7 cm³/mol. The number of nitrogens with zero attached hydrogens (tertiary/aromatic N) is 1. The number of hydrogen-bond donors (Lipinski definition) is 2. The number of aliphatic hydroxyl groups excluding tert-OH is 1. The van der Waals surface area contributed by atoms with Gasteiger partial charge in [-0.15, -0.1) is 0 Å². The van der Waals surface area contributed by atoms with Gasteiger partial charge in [0, 0.05) is 19.2 Å². The van der Waals surface area contributed by atoms with Crippen LogP contribution in [0.3, 0.4) is 0 Å². The van der Waals surface area contributed by atoms with Crippen LogP contribution in [0.1, 0.15) is 31.9 Å². The van der Waals surface area contributed by atoms with Crippen molar-refractivity contribution in [1.82, 2.24) is 10.2 Å². The lowest BCUT2D eigenvalue weighted by Gasteiger charge is -2.30. The molecular formula is C15H26N2O. The number of likely N-dealkylation sites (N-methyl/N-ethyl adjacent to an activating group) is 1. The highest BCUT2D eigenvalue weighted by Crippen LogP contribution is 2.19. The summed E-state index contributed by atoms with van der Waals surface area (Å²) < 4.78 is 0. The summed E-state index contributed by atoms with van der Waals surface area (Å²) in [5.74, 6) is 0. The molecule has 0 spiro atoms. The monoisotopic (exact) mass is 250 g/mol. The summed E-state index contributed by atoms with van der Waals surface area (Å²) in [7, 11) is 0. The Morgan fingerprint density at radius 2 is 1.83 bits per heavy atom. The van der Waals surface area contributed by atoms with Gasteiger partial charge in [0.15, 0.2) is 0 Å². The smallest absolute Gasteiger partial charge is 0.0472 e. The molecule has 1 aromatic carbocycles. The average Bonchev–Trinajstić information content (AvgIpc) is 2.43. The fraction of sp³-hybridized carbons (Fsp3) is 0.600. The van der Waals surface area contributed by atoms with Gasteiger partial charge in [0.05, 0.1) is 0 Å². The number of rotatable bonds is 9. The van der Waals surface area contributed by atoms with Gasteiger partial charge in [-0.05, 0) is 31.6 Å². The van der Waals surface area contributed by atoms with Crippen molar-refractivity contribution in [3.05, 3.63) is 35.9 Å². The molecule has 0 aliphatic heterocycles. The maximum absolute atomic E-state index is 8.80. The Morgan fingerprint density at radius 1 is 1.17 bits per heavy atom. The number of benzene rings is 1. The minimum Gasteiger partial charge on any atom is -0.396 e. The Bertz CT molecular complexity index is 299. The first kappa shape index (κ1) is 15.2. The third-order valence-electron chi connectivity index (χ3n) is 3.29. The fourth-order valence-corrected chi connectivity index (χ4v) is 2.24. The van der Waals surface area contributed by atoms with E-state index in [-0.39, 0.29) is 6.61 Å². The normalized spacial score (nSPS) is 12.9. The Morgan fingerprint density at radius 3 is 2.39 bits per heavy atom. The summed E-state index contributed by atoms with van der Waals surface area (Å²) in [6, 6.07) is 11.1. The van der Waals surface area contributed by atoms with E-state index < -0.39 is 0 Å². The van der Waals surface area contributed by atoms with Crippen LogP contribution in [-0.2, 0) is 0 Å². The Kier molecular flexibility index (Phi) is 7.65. The van der Waals surface area contributed by atoms with Crippen LogP contribution in [0.4, 0.5) is 0 Å². The van der Waals surface area contributed by atoms with Crippen molar-refractivity contribution in [2.45, 2.75) is 26.3 Å². The van der Waals surface area contributed by atoms with Gasteiger partial charge in [-0.1, -0.05) is 44.2 Å². The van der Waals surface area contributed by atoms with Gasteiger partial charge in [-0.2, -0.15) is 0 Å². The van der Waals surface area contributed by atoms with Gasteiger partial charge in [-0.3, -0.25) is 4.90 Å². The van der Waals surface area contributed by atoms with E-state index in [1.165, 1.54) is 5.56 Å². The van der Waals surface area contributed by atoms with Crippen molar-refractivity contribution in [2.24, 2.45) is 0 Å². The van der Waals surface area contributed by atoms with Crippen LogP contribution < -0.4 is 5.32 Å². The molecule has 1 aromatic rings. The zero-order chi connectivity index (χ0) is 13.2. The average molecular weight is 250 g/mol. The van der Waals surface area contributed by atoms with Gasteiger partial charge in [0.1, 0.15) is 0 Å². The quantitative estimate of drug-likeness (QED) is 0.658. The Balaban J connectivity index is 2.63. The second-order valence-corrected chi connectivity index (χ2v) is 4.43. The minimum absolute atomic E-state index is 0.258. The molecule has 0 aromatic heterocycles. The molecule has 0 aliphatic carbocycles. The molecular weight excluding hydrogens is 224 g/mol. The van der Waals surface area contributed by atoms with Crippen molar-refractivity contribution < 1.29 is 5.11 Å². The van der Waals surface area contributed by atoms with Crippen molar-refractivity contribution in [2.75, 3.05) is 32.8 Å². The molecule has 1 rings (SSSR count). The Labute approximate surface area is 111 Å². The van der Waals surface area contributed by atoms with Crippen molar-refractivity contribution in [1.29, 1.82) is 0 Å². The van der Waals surface area contributed by atoms with Gasteiger partial charge in [0.2, 0.25) is 0 Å². The van der Waals surface area contributed by atoms with E-state index in [1.54, 1.807) is 0 Å². The molecule has 2 N–H and O–H groups in total. The van der Waals surface area contributed by atoms with E-state index >= 15 is 0 Å². The van der Waals surface area contributed by atoms with Gasteiger partial charge >= 0.3 is 0 Å². The van der Waals surface area contributed by atoms with Crippen LogP contribution >= 0.6 is 0 Å². The molecule has 18 heavy (non-hydrogen) atoms. The highest BCUT2D eigenvalue weighted by molar-refractivity contribution is 5.19. The van der Waals surface area contributed by atoms with E-state index in [4.69, 9.17) is 5.11 Å². The SMILES string of the molecule is CCN(CC)C(CNCCCO)c1ccccc1. The van der Waals surface area contributed by atoms with Crippen molar-refractivity contribution in [3.8, 4) is 0 Å². The topological polar surface area (TPSA) is 35.5 Å². The second kappa shape index (κ2) is 9.09. The molecule has 3 heteroatoms. The number of hydrogen-bond acceptors (Lipinski definition) is 3. The van der Waals surface area contributed by atoms with E-state index in [0.29, 0.717) is 6.04 Å². The first-order valence-electron chi connectivity index (χ1n) is 6.94. The highest BCUT2D eigenvalue weighted by atomic mass is 16.3. The second-order valence-electron chi connectivity index (χ2n) is 4.43. The number of nitrogens with one attached hydrogen (secondary N) is 1. The van der Waals surface area contributed by atoms with Crippen LogP contribution in [0.25, 0.3) is 0 Å². The largest absolute Gasteiger partial charge is 0.396 e. The van der Waals surface area contributed by atoms with Gasteiger partial charge in [-0.25, -0.2) is 0 Å². The maximum atomic E-state index is 8.80. The third-order valence-corrected chi connectivity index (χ3v) is 3.29. The van der Waals surface area contributed by atoms with E-state index in [1.807, 2.05) is 0 Å². The fourth-order valence-electron chi connectivity index (χ4n) is 2.24. The van der Waals surface area contributed by atoms with E-state index in [9.17, 15) is 0 Å². The highest BCUT2D eigenvalue weighted by Gasteiger charge is 2.16. The minimum atomic E-state index is 0.258. The summed E-state index contributed by atoms with van der Waals surface area (Å²) in [6.45, 7) is 8.58. The number of aliphatic hydroxyl groups is 1. The molecule has 1 unspecified atom stereocenters. The summed E-state index contributed by atoms with van der Waals surface area (Å²) >= 11 is 0. The van der Waals surface area contributed by atoms with E-state index in [2.05, 4.69) is 54.4 Å². The summed E-state index contributed by atoms with van der Waals surface area (Å²) in [5, 5.41) is 12.2. The molecule has 0 heterocycles. The lowest BCUT2D eigenvalue weighted by molar-refractivity contribution is 0.211. The molecule has 0 bridgehead atoms. The van der Waals surface area contributed by atoms with Gasteiger partial charge in [0.25, 0.3) is 0 Å². The molecule has 0 amide bonds. The molecule has 0 saturated heterocycles. The molecule has 0 radical (unpaired) electrons. The lowest BCUT2D eigenvalue weighted by Crippen LogP contribution is -2.36. The first-order valence-corrected chi connectivity index (χ1v) is 6.94. The first-order chi connectivity index (χ1) is 8.83. The molecule has 3 nitrogen and oxygen atoms in total. The third kappa shape index (κ3) is 4.77. The molecule has 1 atom stereocenters. The van der Waals surface area contributed by atoms with E-state index in [0.717, 1.165) is 32.6 Å². The summed E-state index contributed by atoms with van der Waals surface area (Å²) in [5.41, 5.74) is 1.36. The van der Waals surface area contributed by atoms with Crippen LogP contribution in [0, 0.1) is 0 Å². The zero-order valence-electron chi connectivity index (χ0n) is 11.6. The summed E-state index contributed by atoms with van der Waals surface area (Å²) in [4.78, 5) is 2.46.